The Kier molecular flexibility index (Phi) is 6.21. The lowest BCUT2D eigenvalue weighted by Gasteiger charge is -2.06. The van der Waals surface area contributed by atoms with Crippen molar-refractivity contribution in [2.45, 2.75) is 27.2 Å². The number of rotatable bonds is 6. The number of carbonyl (C=O) groups excluding carboxylic acids is 2. The third-order valence-corrected chi connectivity index (χ3v) is 5.17. The number of hydrogen-bond acceptors (Lipinski definition) is 4. The van der Waals surface area contributed by atoms with E-state index in [1.165, 1.54) is 16.9 Å². The van der Waals surface area contributed by atoms with E-state index in [0.717, 1.165) is 22.6 Å². The van der Waals surface area contributed by atoms with Crippen LogP contribution in [-0.2, 0) is 0 Å². The van der Waals surface area contributed by atoms with Gasteiger partial charge in [-0.2, -0.15) is 0 Å². The first kappa shape index (κ1) is 19.8. The number of hydrogen-bond donors (Lipinski definition) is 2. The van der Waals surface area contributed by atoms with Gasteiger partial charge in [0.05, 0.1) is 0 Å². The van der Waals surface area contributed by atoms with Gasteiger partial charge in [-0.15, -0.1) is 11.3 Å². The molecule has 2 amide bonds. The minimum absolute atomic E-state index is 0.114. The van der Waals surface area contributed by atoms with Crippen LogP contribution in [0.15, 0.2) is 47.8 Å². The first-order chi connectivity index (χ1) is 13.5. The van der Waals surface area contributed by atoms with Gasteiger partial charge in [0, 0.05) is 28.7 Å². The molecule has 0 aliphatic heterocycles. The van der Waals surface area contributed by atoms with Crippen molar-refractivity contribution in [1.82, 2.24) is 10.3 Å². The average molecular weight is 394 g/mol. The Morgan fingerprint density at radius 2 is 1.79 bits per heavy atom. The number of anilines is 1. The molecule has 2 aromatic carbocycles. The Labute approximate surface area is 168 Å². The number of aryl methyl sites for hydroxylation is 2. The second-order valence-electron chi connectivity index (χ2n) is 6.64. The Hall–Kier alpha value is -2.99. The molecule has 0 fully saturated rings. The highest BCUT2D eigenvalue weighted by Crippen LogP contribution is 2.27. The maximum Gasteiger partial charge on any atom is 0.275 e. The number of aromatic nitrogens is 1. The summed E-state index contributed by atoms with van der Waals surface area (Å²) >= 11 is 1.45. The van der Waals surface area contributed by atoms with Gasteiger partial charge in [0.15, 0.2) is 0 Å². The van der Waals surface area contributed by atoms with Gasteiger partial charge in [-0.05, 0) is 50.1 Å². The zero-order valence-electron chi connectivity index (χ0n) is 16.2. The van der Waals surface area contributed by atoms with Crippen LogP contribution in [0.5, 0.6) is 0 Å². The van der Waals surface area contributed by atoms with Crippen molar-refractivity contribution in [3.05, 3.63) is 70.2 Å². The maximum atomic E-state index is 12.5. The van der Waals surface area contributed by atoms with Crippen LogP contribution in [0.2, 0.25) is 0 Å². The molecule has 0 saturated heterocycles. The van der Waals surface area contributed by atoms with E-state index in [1.807, 2.05) is 26.0 Å². The Bertz CT molecular complexity index is 993. The quantitative estimate of drug-likeness (QED) is 0.631. The molecule has 0 aliphatic carbocycles. The topological polar surface area (TPSA) is 71.1 Å². The standard InChI is InChI=1S/C22H23N3O2S/c1-4-11-23-20(26)16-6-8-17(9-7-16)24-21(27)19-13-28-22(25-19)18-10-5-14(2)12-15(18)3/h5-10,12-13H,4,11H2,1-3H3,(H,23,26)(H,24,27). The summed E-state index contributed by atoms with van der Waals surface area (Å²) in [6, 6.07) is 13.0. The smallest absolute Gasteiger partial charge is 0.275 e. The summed E-state index contributed by atoms with van der Waals surface area (Å²) in [7, 11) is 0. The van der Waals surface area contributed by atoms with Gasteiger partial charge >= 0.3 is 0 Å². The van der Waals surface area contributed by atoms with Crippen LogP contribution in [0, 0.1) is 13.8 Å². The molecule has 5 nitrogen and oxygen atoms in total. The predicted molar refractivity (Wildman–Crippen MR) is 114 cm³/mol. The van der Waals surface area contributed by atoms with Crippen LogP contribution < -0.4 is 10.6 Å². The van der Waals surface area contributed by atoms with Crippen molar-refractivity contribution in [3.8, 4) is 10.6 Å². The highest BCUT2D eigenvalue weighted by atomic mass is 32.1. The summed E-state index contributed by atoms with van der Waals surface area (Å²) in [4.78, 5) is 28.9. The van der Waals surface area contributed by atoms with Gasteiger partial charge < -0.3 is 10.6 Å². The molecule has 2 N–H and O–H groups in total. The van der Waals surface area contributed by atoms with E-state index in [0.29, 0.717) is 23.5 Å². The molecule has 0 radical (unpaired) electrons. The number of benzene rings is 2. The molecule has 0 atom stereocenters. The number of nitrogens with one attached hydrogen (secondary N) is 2. The minimum atomic E-state index is -0.268. The monoisotopic (exact) mass is 393 g/mol. The SMILES string of the molecule is CCCNC(=O)c1ccc(NC(=O)c2csc(-c3ccc(C)cc3C)n2)cc1. The fourth-order valence-corrected chi connectivity index (χ4v) is 3.69. The first-order valence-electron chi connectivity index (χ1n) is 9.20. The number of carbonyl (C=O) groups is 2. The predicted octanol–water partition coefficient (Wildman–Crippen LogP) is 4.82. The number of thiazole rings is 1. The molecule has 6 heteroatoms. The van der Waals surface area contributed by atoms with Crippen LogP contribution in [0.4, 0.5) is 5.69 Å². The van der Waals surface area contributed by atoms with Crippen molar-refractivity contribution >= 4 is 28.8 Å². The van der Waals surface area contributed by atoms with E-state index < -0.39 is 0 Å². The lowest BCUT2D eigenvalue weighted by molar-refractivity contribution is 0.0953. The molecular weight excluding hydrogens is 370 g/mol. The maximum absolute atomic E-state index is 12.5. The second-order valence-corrected chi connectivity index (χ2v) is 7.50. The Morgan fingerprint density at radius 3 is 2.46 bits per heavy atom. The molecule has 28 heavy (non-hydrogen) atoms. The molecule has 144 valence electrons. The van der Waals surface area contributed by atoms with E-state index >= 15 is 0 Å². The van der Waals surface area contributed by atoms with Gasteiger partial charge in [0.2, 0.25) is 0 Å². The van der Waals surface area contributed by atoms with Crippen molar-refractivity contribution < 1.29 is 9.59 Å². The van der Waals surface area contributed by atoms with Gasteiger partial charge in [-0.25, -0.2) is 4.98 Å². The van der Waals surface area contributed by atoms with Gasteiger partial charge in [0.25, 0.3) is 11.8 Å². The summed E-state index contributed by atoms with van der Waals surface area (Å²) < 4.78 is 0. The molecule has 0 aliphatic rings. The molecule has 1 heterocycles. The van der Waals surface area contributed by atoms with Gasteiger partial charge in [0.1, 0.15) is 10.7 Å². The summed E-state index contributed by atoms with van der Waals surface area (Å²) in [5.41, 5.74) is 4.94. The first-order valence-corrected chi connectivity index (χ1v) is 10.1. The molecular formula is C22H23N3O2S. The van der Waals surface area contributed by atoms with Crippen LogP contribution in [0.3, 0.4) is 0 Å². The molecule has 0 unspecified atom stereocenters. The molecule has 0 bridgehead atoms. The molecule has 0 saturated carbocycles. The summed E-state index contributed by atoms with van der Waals surface area (Å²) in [5, 5.41) is 8.24. The Balaban J connectivity index is 1.68. The average Bonchev–Trinajstić information content (AvgIpc) is 3.16. The summed E-state index contributed by atoms with van der Waals surface area (Å²) in [5.74, 6) is -0.382. The van der Waals surface area contributed by atoms with E-state index in [-0.39, 0.29) is 11.8 Å². The molecule has 3 rings (SSSR count). The second kappa shape index (κ2) is 8.80. The zero-order valence-corrected chi connectivity index (χ0v) is 17.0. The third-order valence-electron chi connectivity index (χ3n) is 4.29. The normalized spacial score (nSPS) is 10.5. The third kappa shape index (κ3) is 4.64. The van der Waals surface area contributed by atoms with E-state index in [2.05, 4.69) is 28.6 Å². The number of nitrogens with zero attached hydrogens (tertiary/aromatic N) is 1. The van der Waals surface area contributed by atoms with E-state index in [9.17, 15) is 9.59 Å². The van der Waals surface area contributed by atoms with Crippen molar-refractivity contribution in [3.63, 3.8) is 0 Å². The van der Waals surface area contributed by atoms with Gasteiger partial charge in [-0.3, -0.25) is 9.59 Å². The van der Waals surface area contributed by atoms with Crippen LogP contribution in [0.1, 0.15) is 45.3 Å². The van der Waals surface area contributed by atoms with Crippen LogP contribution in [0.25, 0.3) is 10.6 Å². The molecule has 1 aromatic heterocycles. The van der Waals surface area contributed by atoms with Crippen molar-refractivity contribution in [1.29, 1.82) is 0 Å². The molecule has 0 spiro atoms. The molecule has 3 aromatic rings. The largest absolute Gasteiger partial charge is 0.352 e. The van der Waals surface area contributed by atoms with Crippen molar-refractivity contribution in [2.24, 2.45) is 0 Å². The minimum Gasteiger partial charge on any atom is -0.352 e. The van der Waals surface area contributed by atoms with E-state index in [4.69, 9.17) is 0 Å². The van der Waals surface area contributed by atoms with Gasteiger partial charge in [-0.1, -0.05) is 30.7 Å². The summed E-state index contributed by atoms with van der Waals surface area (Å²) in [6.45, 7) is 6.74. The lowest BCUT2D eigenvalue weighted by atomic mass is 10.1. The van der Waals surface area contributed by atoms with Crippen molar-refractivity contribution in [2.75, 3.05) is 11.9 Å². The number of amides is 2. The fourth-order valence-electron chi connectivity index (χ4n) is 2.80. The highest BCUT2D eigenvalue weighted by Gasteiger charge is 2.14. The highest BCUT2D eigenvalue weighted by molar-refractivity contribution is 7.13. The van der Waals surface area contributed by atoms with E-state index in [1.54, 1.807) is 29.6 Å². The van der Waals surface area contributed by atoms with Crippen LogP contribution in [-0.4, -0.2) is 23.3 Å². The fraction of sp³-hybridized carbons (Fsp3) is 0.227. The lowest BCUT2D eigenvalue weighted by Crippen LogP contribution is -2.23. The van der Waals surface area contributed by atoms with Crippen LogP contribution >= 0.6 is 11.3 Å². The zero-order chi connectivity index (χ0) is 20.1. The summed E-state index contributed by atoms with van der Waals surface area (Å²) in [6.07, 6.45) is 0.887. The Morgan fingerprint density at radius 1 is 1.04 bits per heavy atom.